The van der Waals surface area contributed by atoms with Gasteiger partial charge >= 0.3 is 0 Å². The van der Waals surface area contributed by atoms with Crippen molar-refractivity contribution in [1.29, 1.82) is 0 Å². The molecule has 1 aromatic carbocycles. The first kappa shape index (κ1) is 18.7. The lowest BCUT2D eigenvalue weighted by molar-refractivity contribution is 0.101. The number of hydrogen-bond donors (Lipinski definition) is 0. The van der Waals surface area contributed by atoms with E-state index in [-0.39, 0.29) is 11.6 Å². The van der Waals surface area contributed by atoms with E-state index in [0.29, 0.717) is 43.1 Å². The van der Waals surface area contributed by atoms with Crippen molar-refractivity contribution in [3.05, 3.63) is 58.5 Å². The van der Waals surface area contributed by atoms with Crippen molar-refractivity contribution in [2.24, 2.45) is 0 Å². The van der Waals surface area contributed by atoms with Crippen molar-refractivity contribution in [2.45, 2.75) is 6.92 Å². The summed E-state index contributed by atoms with van der Waals surface area (Å²) in [5.41, 5.74) is 2.61. The van der Waals surface area contributed by atoms with Crippen molar-refractivity contribution in [3.8, 4) is 11.4 Å². The lowest BCUT2D eigenvalue weighted by Crippen LogP contribution is -2.47. The average Bonchev–Trinajstić information content (AvgIpc) is 3.43. The molecule has 152 valence electrons. The van der Waals surface area contributed by atoms with Crippen molar-refractivity contribution >= 4 is 34.3 Å². The molecule has 0 unspecified atom stereocenters. The number of carbonyl (C=O) groups excluding carboxylic acids is 1. The van der Waals surface area contributed by atoms with Crippen LogP contribution >= 0.6 is 11.3 Å². The summed E-state index contributed by atoms with van der Waals surface area (Å²) in [6.07, 6.45) is 0. The molecule has 5 rings (SSSR count). The molecule has 1 fully saturated rings. The standard InChI is InChI=1S/C21H19FN6OS/c1-14(29)15-2-3-18(17(22)12-15)26-7-9-27(10-8-26)20-5-4-19-23-24-21(28(19)25-20)16-6-11-30-13-16/h2-6,11-13H,7-10H2,1H3. The third kappa shape index (κ3) is 3.30. The molecule has 3 aromatic heterocycles. The molecule has 9 heteroatoms. The largest absolute Gasteiger partial charge is 0.366 e. The lowest BCUT2D eigenvalue weighted by atomic mass is 10.1. The second-order valence-electron chi connectivity index (χ2n) is 7.19. The van der Waals surface area contributed by atoms with Crippen LogP contribution in [0.5, 0.6) is 0 Å². The fourth-order valence-corrected chi connectivity index (χ4v) is 4.31. The molecule has 7 nitrogen and oxygen atoms in total. The van der Waals surface area contributed by atoms with E-state index < -0.39 is 0 Å². The molecule has 30 heavy (non-hydrogen) atoms. The van der Waals surface area contributed by atoms with E-state index in [1.54, 1.807) is 28.0 Å². The van der Waals surface area contributed by atoms with Gasteiger partial charge in [0.05, 0.1) is 5.69 Å². The topological polar surface area (TPSA) is 66.6 Å². The molecule has 1 aliphatic rings. The number of benzene rings is 1. The predicted octanol–water partition coefficient (Wildman–Crippen LogP) is 3.52. The first-order valence-electron chi connectivity index (χ1n) is 9.65. The zero-order chi connectivity index (χ0) is 20.7. The summed E-state index contributed by atoms with van der Waals surface area (Å²) in [5.74, 6) is 1.06. The number of aromatic nitrogens is 4. The average molecular weight is 422 g/mol. The monoisotopic (exact) mass is 422 g/mol. The Morgan fingerprint density at radius 3 is 2.53 bits per heavy atom. The van der Waals surface area contributed by atoms with Crippen LogP contribution < -0.4 is 9.80 Å². The van der Waals surface area contributed by atoms with Crippen LogP contribution in [0.2, 0.25) is 0 Å². The van der Waals surface area contributed by atoms with Gasteiger partial charge in [0.25, 0.3) is 0 Å². The van der Waals surface area contributed by atoms with Crippen LogP contribution in [0, 0.1) is 5.82 Å². The Kier molecular flexibility index (Phi) is 4.66. The molecule has 0 atom stereocenters. The fourth-order valence-electron chi connectivity index (χ4n) is 3.68. The van der Waals surface area contributed by atoms with Crippen molar-refractivity contribution in [2.75, 3.05) is 36.0 Å². The maximum atomic E-state index is 14.5. The highest BCUT2D eigenvalue weighted by atomic mass is 32.1. The van der Waals surface area contributed by atoms with Gasteiger partial charge < -0.3 is 9.80 Å². The number of thiophene rings is 1. The van der Waals surface area contributed by atoms with Crippen LogP contribution in [0.15, 0.2) is 47.2 Å². The minimum absolute atomic E-state index is 0.137. The third-order valence-electron chi connectivity index (χ3n) is 5.33. The van der Waals surface area contributed by atoms with Gasteiger partial charge in [0, 0.05) is 42.7 Å². The molecule has 0 saturated carbocycles. The van der Waals surface area contributed by atoms with Crippen molar-refractivity contribution < 1.29 is 9.18 Å². The number of fused-ring (bicyclic) bond motifs is 1. The number of hydrogen-bond acceptors (Lipinski definition) is 7. The van der Waals surface area contributed by atoms with E-state index in [9.17, 15) is 9.18 Å². The highest BCUT2D eigenvalue weighted by molar-refractivity contribution is 7.08. The SMILES string of the molecule is CC(=O)c1ccc(N2CCN(c3ccc4nnc(-c5ccsc5)n4n3)CC2)c(F)c1. The van der Waals surface area contributed by atoms with Gasteiger partial charge in [0.15, 0.2) is 17.3 Å². The second-order valence-corrected chi connectivity index (χ2v) is 7.97. The minimum Gasteiger partial charge on any atom is -0.366 e. The molecule has 1 aliphatic heterocycles. The van der Waals surface area contributed by atoms with E-state index >= 15 is 0 Å². The maximum absolute atomic E-state index is 14.5. The summed E-state index contributed by atoms with van der Waals surface area (Å²) in [5, 5.41) is 17.3. The van der Waals surface area contributed by atoms with E-state index in [0.717, 1.165) is 17.2 Å². The molecule has 4 aromatic rings. The molecule has 0 spiro atoms. The van der Waals surface area contributed by atoms with Crippen LogP contribution in [0.3, 0.4) is 0 Å². The number of halogens is 1. The van der Waals surface area contributed by atoms with Crippen LogP contribution in [-0.2, 0) is 0 Å². The van der Waals surface area contributed by atoms with Crippen molar-refractivity contribution in [3.63, 3.8) is 0 Å². The van der Waals surface area contributed by atoms with Gasteiger partial charge in [0.1, 0.15) is 11.6 Å². The summed E-state index contributed by atoms with van der Waals surface area (Å²) in [6, 6.07) is 10.5. The molecule has 0 amide bonds. The van der Waals surface area contributed by atoms with Crippen molar-refractivity contribution in [1.82, 2.24) is 19.8 Å². The Bertz CT molecular complexity index is 1210. The van der Waals surface area contributed by atoms with Crippen LogP contribution in [-0.4, -0.2) is 51.8 Å². The highest BCUT2D eigenvalue weighted by Gasteiger charge is 2.22. The van der Waals surface area contributed by atoms with E-state index in [2.05, 4.69) is 15.1 Å². The Hall–Kier alpha value is -3.33. The molecule has 0 radical (unpaired) electrons. The van der Waals surface area contributed by atoms with E-state index in [1.807, 2.05) is 33.9 Å². The number of anilines is 2. The lowest BCUT2D eigenvalue weighted by Gasteiger charge is -2.36. The Balaban J connectivity index is 1.35. The van der Waals surface area contributed by atoms with Gasteiger partial charge in [-0.25, -0.2) is 4.39 Å². The highest BCUT2D eigenvalue weighted by Crippen LogP contribution is 2.25. The zero-order valence-corrected chi connectivity index (χ0v) is 17.1. The molecule has 1 saturated heterocycles. The predicted molar refractivity (Wildman–Crippen MR) is 115 cm³/mol. The van der Waals surface area contributed by atoms with Crippen LogP contribution in [0.25, 0.3) is 17.0 Å². The van der Waals surface area contributed by atoms with Gasteiger partial charge in [-0.2, -0.15) is 15.9 Å². The first-order chi connectivity index (χ1) is 14.6. The molecular formula is C21H19FN6OS. The fraction of sp³-hybridized carbons (Fsp3) is 0.238. The molecule has 0 bridgehead atoms. The summed E-state index contributed by atoms with van der Waals surface area (Å²) in [6.45, 7) is 4.19. The number of rotatable bonds is 4. The molecule has 4 heterocycles. The van der Waals surface area contributed by atoms with Gasteiger partial charge in [0.2, 0.25) is 0 Å². The molecule has 0 aliphatic carbocycles. The normalized spacial score (nSPS) is 14.5. The number of piperazine rings is 1. The molecule has 0 N–H and O–H groups in total. The summed E-state index contributed by atoms with van der Waals surface area (Å²) < 4.78 is 16.3. The Morgan fingerprint density at radius 2 is 1.83 bits per heavy atom. The Labute approximate surface area is 176 Å². The number of nitrogens with zero attached hydrogens (tertiary/aromatic N) is 6. The number of carbonyl (C=O) groups is 1. The first-order valence-corrected chi connectivity index (χ1v) is 10.6. The quantitative estimate of drug-likeness (QED) is 0.469. The number of ketones is 1. The second kappa shape index (κ2) is 7.49. The molecular weight excluding hydrogens is 403 g/mol. The zero-order valence-electron chi connectivity index (χ0n) is 16.3. The van der Waals surface area contributed by atoms with E-state index in [1.165, 1.54) is 13.0 Å². The smallest absolute Gasteiger partial charge is 0.186 e. The van der Waals surface area contributed by atoms with E-state index in [4.69, 9.17) is 5.10 Å². The van der Waals surface area contributed by atoms with Gasteiger partial charge in [-0.1, -0.05) is 0 Å². The van der Waals surface area contributed by atoms with Gasteiger partial charge in [-0.3, -0.25) is 4.79 Å². The summed E-state index contributed by atoms with van der Waals surface area (Å²) in [4.78, 5) is 15.6. The van der Waals surface area contributed by atoms with Crippen LogP contribution in [0.1, 0.15) is 17.3 Å². The van der Waals surface area contributed by atoms with Gasteiger partial charge in [-0.05, 0) is 48.7 Å². The summed E-state index contributed by atoms with van der Waals surface area (Å²) in [7, 11) is 0. The third-order valence-corrected chi connectivity index (χ3v) is 6.01. The Morgan fingerprint density at radius 1 is 1.03 bits per heavy atom. The summed E-state index contributed by atoms with van der Waals surface area (Å²) >= 11 is 1.61. The number of Topliss-reactive ketones (excluding diaryl/α,β-unsaturated/α-hetero) is 1. The van der Waals surface area contributed by atoms with Gasteiger partial charge in [-0.15, -0.1) is 15.3 Å². The maximum Gasteiger partial charge on any atom is 0.186 e. The van der Waals surface area contributed by atoms with Crippen LogP contribution in [0.4, 0.5) is 15.9 Å². The minimum atomic E-state index is -0.361.